The van der Waals surface area contributed by atoms with Crippen molar-refractivity contribution in [2.75, 3.05) is 34.4 Å². The molecule has 1 aromatic heterocycles. The Morgan fingerprint density at radius 1 is 1.19 bits per heavy atom. The van der Waals surface area contributed by atoms with E-state index in [0.29, 0.717) is 12.0 Å². The number of oxazole rings is 1. The van der Waals surface area contributed by atoms with Gasteiger partial charge in [0, 0.05) is 25.8 Å². The lowest BCUT2D eigenvalue weighted by atomic mass is 10.1. The third kappa shape index (κ3) is 3.71. The average Bonchev–Trinajstić information content (AvgIpc) is 3.01. The number of piperidine rings is 1. The minimum atomic E-state index is 0.305. The number of benzene rings is 1. The van der Waals surface area contributed by atoms with E-state index in [-0.39, 0.29) is 0 Å². The number of hydrogen-bond acceptors (Lipinski definition) is 6. The van der Waals surface area contributed by atoms with Gasteiger partial charge in [0.1, 0.15) is 17.3 Å². The number of rotatable bonds is 6. The van der Waals surface area contributed by atoms with Crippen LogP contribution in [-0.2, 0) is 11.3 Å². The van der Waals surface area contributed by atoms with Crippen LogP contribution in [0.15, 0.2) is 16.5 Å². The molecule has 142 valence electrons. The first-order valence-electron chi connectivity index (χ1n) is 9.00. The summed E-state index contributed by atoms with van der Waals surface area (Å²) < 4.78 is 22.5. The number of nitrogens with zero attached hydrogens (tertiary/aromatic N) is 2. The van der Waals surface area contributed by atoms with E-state index in [1.54, 1.807) is 21.3 Å². The number of likely N-dealkylation sites (tertiary alicyclic amines) is 1. The summed E-state index contributed by atoms with van der Waals surface area (Å²) in [6, 6.07) is 3.85. The van der Waals surface area contributed by atoms with Crippen molar-refractivity contribution in [3.63, 3.8) is 0 Å². The van der Waals surface area contributed by atoms with Crippen LogP contribution < -0.4 is 9.47 Å². The molecule has 1 aromatic carbocycles. The van der Waals surface area contributed by atoms with Crippen molar-refractivity contribution in [2.45, 2.75) is 39.3 Å². The third-order valence-electron chi connectivity index (χ3n) is 5.07. The highest BCUT2D eigenvalue weighted by Crippen LogP contribution is 2.38. The standard InChI is InChI=1S/C20H28N2O4/c1-13-18(24-4)9-8-16(19(13)25-5)20-21-17(14(2)26-20)12-22-10-6-7-15(11-22)23-3/h8-9,15H,6-7,10-12H2,1-5H3. The Balaban J connectivity index is 1.85. The quantitative estimate of drug-likeness (QED) is 0.785. The monoisotopic (exact) mass is 360 g/mol. The van der Waals surface area contributed by atoms with Crippen LogP contribution in [0.1, 0.15) is 29.9 Å². The first-order valence-corrected chi connectivity index (χ1v) is 9.00. The summed E-state index contributed by atoms with van der Waals surface area (Å²) in [4.78, 5) is 7.14. The van der Waals surface area contributed by atoms with E-state index in [1.165, 1.54) is 0 Å². The van der Waals surface area contributed by atoms with Crippen molar-refractivity contribution in [1.82, 2.24) is 9.88 Å². The van der Waals surface area contributed by atoms with Gasteiger partial charge in [-0.25, -0.2) is 4.98 Å². The second kappa shape index (κ2) is 8.10. The van der Waals surface area contributed by atoms with Gasteiger partial charge in [-0.1, -0.05) is 0 Å². The zero-order valence-electron chi connectivity index (χ0n) is 16.3. The van der Waals surface area contributed by atoms with Crippen LogP contribution in [0.25, 0.3) is 11.5 Å². The fourth-order valence-corrected chi connectivity index (χ4v) is 3.58. The molecule has 6 nitrogen and oxygen atoms in total. The van der Waals surface area contributed by atoms with Gasteiger partial charge in [-0.05, 0) is 45.4 Å². The van der Waals surface area contributed by atoms with E-state index < -0.39 is 0 Å². The van der Waals surface area contributed by atoms with Gasteiger partial charge in [-0.3, -0.25) is 4.90 Å². The molecule has 1 fully saturated rings. The van der Waals surface area contributed by atoms with E-state index in [1.807, 2.05) is 26.0 Å². The summed E-state index contributed by atoms with van der Waals surface area (Å²) in [5, 5.41) is 0. The molecule has 2 aromatic rings. The van der Waals surface area contributed by atoms with Crippen molar-refractivity contribution < 1.29 is 18.6 Å². The first-order chi connectivity index (χ1) is 12.6. The summed E-state index contributed by atoms with van der Waals surface area (Å²) in [6.45, 7) is 6.70. The van der Waals surface area contributed by atoms with Gasteiger partial charge in [0.15, 0.2) is 0 Å². The van der Waals surface area contributed by atoms with Gasteiger partial charge < -0.3 is 18.6 Å². The van der Waals surface area contributed by atoms with Gasteiger partial charge in [0.25, 0.3) is 0 Å². The fraction of sp³-hybridized carbons (Fsp3) is 0.550. The number of hydrogen-bond donors (Lipinski definition) is 0. The third-order valence-corrected chi connectivity index (χ3v) is 5.07. The lowest BCUT2D eigenvalue weighted by Crippen LogP contribution is -2.38. The van der Waals surface area contributed by atoms with E-state index >= 15 is 0 Å². The maximum absolute atomic E-state index is 5.98. The molecule has 0 bridgehead atoms. The SMILES string of the molecule is COc1ccc(-c2nc(CN3CCCC(OC)C3)c(C)o2)c(OC)c1C. The summed E-state index contributed by atoms with van der Waals surface area (Å²) >= 11 is 0. The number of aromatic nitrogens is 1. The molecule has 0 radical (unpaired) electrons. The Morgan fingerprint density at radius 3 is 2.69 bits per heavy atom. The first kappa shape index (κ1) is 18.7. The Bertz CT molecular complexity index is 757. The molecule has 0 saturated carbocycles. The smallest absolute Gasteiger partial charge is 0.230 e. The zero-order valence-corrected chi connectivity index (χ0v) is 16.3. The topological polar surface area (TPSA) is 57.0 Å². The van der Waals surface area contributed by atoms with Crippen LogP contribution in [0, 0.1) is 13.8 Å². The van der Waals surface area contributed by atoms with Crippen molar-refractivity contribution in [3.05, 3.63) is 29.2 Å². The molecule has 0 N–H and O–H groups in total. The molecule has 1 saturated heterocycles. The van der Waals surface area contributed by atoms with Gasteiger partial charge in [0.2, 0.25) is 5.89 Å². The molecule has 6 heteroatoms. The molecule has 1 unspecified atom stereocenters. The number of ether oxygens (including phenoxy) is 3. The molecule has 0 amide bonds. The molecule has 3 rings (SSSR count). The van der Waals surface area contributed by atoms with Crippen molar-refractivity contribution in [1.29, 1.82) is 0 Å². The summed E-state index contributed by atoms with van der Waals surface area (Å²) in [7, 11) is 5.09. The van der Waals surface area contributed by atoms with Gasteiger partial charge in [-0.2, -0.15) is 0 Å². The van der Waals surface area contributed by atoms with Gasteiger partial charge >= 0.3 is 0 Å². The molecular formula is C20H28N2O4. The molecule has 0 aliphatic carbocycles. The number of methoxy groups -OCH3 is 3. The van der Waals surface area contributed by atoms with Crippen LogP contribution in [0.2, 0.25) is 0 Å². The zero-order chi connectivity index (χ0) is 18.7. The number of aryl methyl sites for hydroxylation is 1. The average molecular weight is 360 g/mol. The van der Waals surface area contributed by atoms with Crippen LogP contribution in [0.5, 0.6) is 11.5 Å². The van der Waals surface area contributed by atoms with Crippen molar-refractivity contribution in [3.8, 4) is 23.0 Å². The van der Waals surface area contributed by atoms with Crippen molar-refractivity contribution >= 4 is 0 Å². The second-order valence-electron chi connectivity index (χ2n) is 6.73. The van der Waals surface area contributed by atoms with Crippen LogP contribution in [-0.4, -0.2) is 50.4 Å². The highest BCUT2D eigenvalue weighted by Gasteiger charge is 2.23. The Labute approximate surface area is 155 Å². The predicted molar refractivity (Wildman–Crippen MR) is 99.8 cm³/mol. The minimum absolute atomic E-state index is 0.305. The largest absolute Gasteiger partial charge is 0.496 e. The molecule has 26 heavy (non-hydrogen) atoms. The molecular weight excluding hydrogens is 332 g/mol. The van der Waals surface area contributed by atoms with Crippen molar-refractivity contribution in [2.24, 2.45) is 0 Å². The molecule has 0 spiro atoms. The van der Waals surface area contributed by atoms with E-state index in [0.717, 1.165) is 66.6 Å². The summed E-state index contributed by atoms with van der Waals surface area (Å²) in [6.07, 6.45) is 2.58. The van der Waals surface area contributed by atoms with Gasteiger partial charge in [0.05, 0.1) is 31.6 Å². The summed E-state index contributed by atoms with van der Waals surface area (Å²) in [5.74, 6) is 2.94. The Hall–Kier alpha value is -2.05. The molecule has 2 heterocycles. The summed E-state index contributed by atoms with van der Waals surface area (Å²) in [5.41, 5.74) is 2.74. The maximum atomic E-state index is 5.98. The van der Waals surface area contributed by atoms with E-state index in [2.05, 4.69) is 4.90 Å². The molecule has 1 aliphatic rings. The predicted octanol–water partition coefficient (Wildman–Crippen LogP) is 3.59. The Morgan fingerprint density at radius 2 is 2.00 bits per heavy atom. The lowest BCUT2D eigenvalue weighted by Gasteiger charge is -2.31. The highest BCUT2D eigenvalue weighted by molar-refractivity contribution is 5.68. The van der Waals surface area contributed by atoms with Gasteiger partial charge in [-0.15, -0.1) is 0 Å². The van der Waals surface area contributed by atoms with Crippen LogP contribution in [0.4, 0.5) is 0 Å². The maximum Gasteiger partial charge on any atom is 0.230 e. The Kier molecular flexibility index (Phi) is 5.84. The van der Waals surface area contributed by atoms with Crippen LogP contribution in [0.3, 0.4) is 0 Å². The normalized spacial score (nSPS) is 18.1. The molecule has 1 aliphatic heterocycles. The highest BCUT2D eigenvalue weighted by atomic mass is 16.5. The van der Waals surface area contributed by atoms with E-state index in [4.69, 9.17) is 23.6 Å². The van der Waals surface area contributed by atoms with Crippen LogP contribution >= 0.6 is 0 Å². The lowest BCUT2D eigenvalue weighted by molar-refractivity contribution is 0.0280. The minimum Gasteiger partial charge on any atom is -0.496 e. The van der Waals surface area contributed by atoms with E-state index in [9.17, 15) is 0 Å². The molecule has 1 atom stereocenters. The second-order valence-corrected chi connectivity index (χ2v) is 6.73. The fourth-order valence-electron chi connectivity index (χ4n) is 3.58.